The Morgan fingerprint density at radius 1 is 1.17 bits per heavy atom. The van der Waals surface area contributed by atoms with Crippen molar-refractivity contribution in [1.82, 2.24) is 10.2 Å². The van der Waals surface area contributed by atoms with Gasteiger partial charge in [-0.05, 0) is 69.5 Å². The Morgan fingerprint density at radius 2 is 1.88 bits per heavy atom. The van der Waals surface area contributed by atoms with Crippen LogP contribution >= 0.6 is 12.4 Å². The van der Waals surface area contributed by atoms with Crippen LogP contribution < -0.4 is 5.32 Å². The molecule has 1 heterocycles. The minimum Gasteiger partial charge on any atom is -0.343 e. The fourth-order valence-corrected chi connectivity index (χ4v) is 3.51. The summed E-state index contributed by atoms with van der Waals surface area (Å²) < 4.78 is 0. The molecule has 1 amide bonds. The van der Waals surface area contributed by atoms with Crippen LogP contribution in [-0.2, 0) is 11.2 Å². The van der Waals surface area contributed by atoms with Crippen LogP contribution in [0.3, 0.4) is 0 Å². The van der Waals surface area contributed by atoms with Crippen molar-refractivity contribution in [3.8, 4) is 0 Å². The fraction of sp³-hybridized carbons (Fsp3) is 0.650. The number of hydrogen-bond donors (Lipinski definition) is 1. The lowest BCUT2D eigenvalue weighted by Gasteiger charge is -2.32. The highest BCUT2D eigenvalue weighted by molar-refractivity contribution is 5.85. The number of carbonyl (C=O) groups excluding carboxylic acids is 1. The highest BCUT2D eigenvalue weighted by Crippen LogP contribution is 2.28. The number of hydrogen-bond acceptors (Lipinski definition) is 2. The second-order valence-corrected chi connectivity index (χ2v) is 7.44. The lowest BCUT2D eigenvalue weighted by Crippen LogP contribution is -2.45. The van der Waals surface area contributed by atoms with Crippen molar-refractivity contribution in [2.75, 3.05) is 19.6 Å². The Bertz CT molecular complexity index is 549. The van der Waals surface area contributed by atoms with Gasteiger partial charge < -0.3 is 10.2 Å². The molecule has 134 valence electrons. The fourth-order valence-electron chi connectivity index (χ4n) is 3.51. The number of carbonyl (C=O) groups is 1. The smallest absolute Gasteiger partial charge is 0.222 e. The van der Waals surface area contributed by atoms with Crippen molar-refractivity contribution >= 4 is 18.3 Å². The van der Waals surface area contributed by atoms with Gasteiger partial charge in [0, 0.05) is 25.6 Å². The zero-order valence-corrected chi connectivity index (χ0v) is 15.8. The quantitative estimate of drug-likeness (QED) is 0.849. The third-order valence-electron chi connectivity index (χ3n) is 5.35. The Labute approximate surface area is 152 Å². The van der Waals surface area contributed by atoms with Crippen LogP contribution in [0.15, 0.2) is 18.2 Å². The molecule has 0 radical (unpaired) electrons. The van der Waals surface area contributed by atoms with Gasteiger partial charge in [-0.3, -0.25) is 4.79 Å². The topological polar surface area (TPSA) is 32.3 Å². The van der Waals surface area contributed by atoms with Gasteiger partial charge in [0.1, 0.15) is 0 Å². The summed E-state index contributed by atoms with van der Waals surface area (Å²) in [7, 11) is 0. The summed E-state index contributed by atoms with van der Waals surface area (Å²) in [5.74, 6) is 1.26. The van der Waals surface area contributed by atoms with E-state index >= 15 is 0 Å². The second-order valence-electron chi connectivity index (χ2n) is 7.44. The van der Waals surface area contributed by atoms with E-state index in [9.17, 15) is 4.79 Å². The van der Waals surface area contributed by atoms with Crippen molar-refractivity contribution in [3.05, 3.63) is 34.9 Å². The molecule has 0 atom stereocenters. The van der Waals surface area contributed by atoms with Crippen LogP contribution in [-0.4, -0.2) is 36.5 Å². The van der Waals surface area contributed by atoms with Gasteiger partial charge in [0.15, 0.2) is 0 Å². The number of rotatable bonds is 6. The van der Waals surface area contributed by atoms with Gasteiger partial charge >= 0.3 is 0 Å². The average Bonchev–Trinajstić information content (AvgIpc) is 3.37. The monoisotopic (exact) mass is 350 g/mol. The van der Waals surface area contributed by atoms with Gasteiger partial charge in [-0.25, -0.2) is 0 Å². The molecular formula is C20H31ClN2O. The largest absolute Gasteiger partial charge is 0.343 e. The number of halogens is 1. The van der Waals surface area contributed by atoms with Crippen LogP contribution in [0.4, 0.5) is 0 Å². The number of benzene rings is 1. The Kier molecular flexibility index (Phi) is 7.12. The molecule has 0 spiro atoms. The normalized spacial score (nSPS) is 18.3. The summed E-state index contributed by atoms with van der Waals surface area (Å²) in [5.41, 5.74) is 3.91. The first kappa shape index (κ1) is 19.3. The van der Waals surface area contributed by atoms with Gasteiger partial charge in [0.05, 0.1) is 0 Å². The number of likely N-dealkylation sites (tertiary alicyclic amines) is 1. The molecule has 1 N–H and O–H groups in total. The molecule has 2 fully saturated rings. The van der Waals surface area contributed by atoms with E-state index in [-0.39, 0.29) is 12.4 Å². The molecule has 1 saturated heterocycles. The zero-order chi connectivity index (χ0) is 16.2. The van der Waals surface area contributed by atoms with Crippen molar-refractivity contribution in [2.24, 2.45) is 5.92 Å². The van der Waals surface area contributed by atoms with Crippen LogP contribution in [0, 0.1) is 19.8 Å². The molecule has 1 aromatic rings. The second kappa shape index (κ2) is 8.87. The number of amides is 1. The molecule has 1 aliphatic heterocycles. The van der Waals surface area contributed by atoms with E-state index in [1.54, 1.807) is 0 Å². The van der Waals surface area contributed by atoms with Crippen molar-refractivity contribution in [1.29, 1.82) is 0 Å². The molecule has 0 bridgehead atoms. The molecule has 0 aromatic heterocycles. The summed E-state index contributed by atoms with van der Waals surface area (Å²) >= 11 is 0. The molecule has 3 nitrogen and oxygen atoms in total. The number of piperidine rings is 1. The van der Waals surface area contributed by atoms with E-state index in [1.807, 2.05) is 0 Å². The van der Waals surface area contributed by atoms with Gasteiger partial charge in [-0.15, -0.1) is 12.4 Å². The third-order valence-corrected chi connectivity index (χ3v) is 5.35. The maximum absolute atomic E-state index is 12.4. The molecule has 24 heavy (non-hydrogen) atoms. The summed E-state index contributed by atoms with van der Waals surface area (Å²) in [5, 5.41) is 3.68. The van der Waals surface area contributed by atoms with E-state index in [0.29, 0.717) is 18.4 Å². The van der Waals surface area contributed by atoms with Crippen LogP contribution in [0.5, 0.6) is 0 Å². The summed E-state index contributed by atoms with van der Waals surface area (Å²) in [6.07, 6.45) is 6.55. The number of nitrogens with zero attached hydrogens (tertiary/aromatic N) is 1. The lowest BCUT2D eigenvalue weighted by molar-refractivity contribution is -0.132. The summed E-state index contributed by atoms with van der Waals surface area (Å²) in [4.78, 5) is 14.5. The number of nitrogens with one attached hydrogen (secondary N) is 1. The van der Waals surface area contributed by atoms with E-state index < -0.39 is 0 Å². The maximum Gasteiger partial charge on any atom is 0.222 e. The third kappa shape index (κ3) is 5.49. The predicted octanol–water partition coefficient (Wildman–Crippen LogP) is 3.65. The highest BCUT2D eigenvalue weighted by Gasteiger charge is 2.25. The molecule has 2 aliphatic rings. The standard InChI is InChI=1S/C20H30N2O.ClH/c1-15-3-6-18(16(2)13-15)7-8-20(23)22-11-9-19(10-12-22)21-14-17-4-5-17;/h3,6,13,17,19,21H,4-5,7-12,14H2,1-2H3;1H. The first-order valence-corrected chi connectivity index (χ1v) is 9.19. The molecule has 1 saturated carbocycles. The maximum atomic E-state index is 12.4. The Balaban J connectivity index is 0.00000208. The Hall–Kier alpha value is -1.06. The van der Waals surface area contributed by atoms with Crippen LogP contribution in [0.25, 0.3) is 0 Å². The lowest BCUT2D eigenvalue weighted by atomic mass is 10.0. The molecule has 0 unspecified atom stereocenters. The SMILES string of the molecule is Cc1ccc(CCC(=O)N2CCC(NCC3CC3)CC2)c(C)c1.Cl. The Morgan fingerprint density at radius 3 is 2.50 bits per heavy atom. The van der Waals surface area contributed by atoms with E-state index in [4.69, 9.17) is 0 Å². The minimum atomic E-state index is 0. The molecule has 4 heteroatoms. The van der Waals surface area contributed by atoms with Crippen molar-refractivity contribution in [2.45, 2.75) is 58.4 Å². The van der Waals surface area contributed by atoms with E-state index in [0.717, 1.165) is 38.3 Å². The molecule has 1 aliphatic carbocycles. The van der Waals surface area contributed by atoms with E-state index in [1.165, 1.54) is 36.1 Å². The van der Waals surface area contributed by atoms with Gasteiger partial charge in [-0.1, -0.05) is 23.8 Å². The summed E-state index contributed by atoms with van der Waals surface area (Å²) in [6, 6.07) is 7.14. The van der Waals surface area contributed by atoms with E-state index in [2.05, 4.69) is 42.3 Å². The van der Waals surface area contributed by atoms with Gasteiger partial charge in [0.25, 0.3) is 0 Å². The average molecular weight is 351 g/mol. The summed E-state index contributed by atoms with van der Waals surface area (Å²) in [6.45, 7) is 7.29. The van der Waals surface area contributed by atoms with Crippen LogP contribution in [0.2, 0.25) is 0 Å². The minimum absolute atomic E-state index is 0. The van der Waals surface area contributed by atoms with Gasteiger partial charge in [0.2, 0.25) is 5.91 Å². The van der Waals surface area contributed by atoms with Crippen LogP contribution in [0.1, 0.15) is 48.8 Å². The van der Waals surface area contributed by atoms with Gasteiger partial charge in [-0.2, -0.15) is 0 Å². The van der Waals surface area contributed by atoms with Crippen molar-refractivity contribution in [3.63, 3.8) is 0 Å². The zero-order valence-electron chi connectivity index (χ0n) is 15.0. The highest BCUT2D eigenvalue weighted by atomic mass is 35.5. The first-order valence-electron chi connectivity index (χ1n) is 9.19. The molecule has 1 aromatic carbocycles. The molecule has 3 rings (SSSR count). The van der Waals surface area contributed by atoms with Crippen molar-refractivity contribution < 1.29 is 4.79 Å². The molecular weight excluding hydrogens is 320 g/mol. The predicted molar refractivity (Wildman–Crippen MR) is 102 cm³/mol. The number of aryl methyl sites for hydroxylation is 3. The first-order chi connectivity index (χ1) is 11.1.